The van der Waals surface area contributed by atoms with Gasteiger partial charge in [-0.05, 0) is 90.5 Å². The Labute approximate surface area is 337 Å². The number of rotatable bonds is 3. The molecule has 0 saturated carbocycles. The molecular weight excluding hydrogens is 723 g/mol. The summed E-state index contributed by atoms with van der Waals surface area (Å²) in [4.78, 5) is 2.50. The summed E-state index contributed by atoms with van der Waals surface area (Å²) in [6, 6.07) is 61.1. The lowest BCUT2D eigenvalue weighted by Crippen LogP contribution is -2.29. The zero-order chi connectivity index (χ0) is 38.3. The number of anilines is 2. The molecule has 12 aromatic rings. The second-order valence-electron chi connectivity index (χ2n) is 16.0. The molecule has 0 radical (unpaired) electrons. The number of benzene rings is 8. The third-order valence-corrected chi connectivity index (χ3v) is 13.0. The molecule has 0 N–H and O–H groups in total. The lowest BCUT2D eigenvalue weighted by Gasteiger charge is -2.30. The molecule has 8 aromatic carbocycles. The van der Waals surface area contributed by atoms with Gasteiger partial charge >= 0.3 is 0 Å². The van der Waals surface area contributed by atoms with Crippen LogP contribution in [0, 0.1) is 0 Å². The van der Waals surface area contributed by atoms with E-state index in [9.17, 15) is 0 Å². The topological polar surface area (TPSA) is 39.4 Å². The molecular formula is C54H33N3O2. The number of furan rings is 2. The average Bonchev–Trinajstić information content (AvgIpc) is 4.09. The van der Waals surface area contributed by atoms with Gasteiger partial charge in [0.15, 0.2) is 0 Å². The van der Waals surface area contributed by atoms with Crippen LogP contribution in [0.25, 0.3) is 98.9 Å². The van der Waals surface area contributed by atoms with Gasteiger partial charge in [0.1, 0.15) is 22.3 Å². The SMILES string of the molecule is C1=CC2C(C=C1n1c3ccccc3c3c4oc5c(ccc6c5c5ccccc5n6-c5ccccc5)c4ccc31)c1ccccc1N2c1ccc2oc3ccccc3c2c1. The van der Waals surface area contributed by atoms with Crippen LogP contribution >= 0.6 is 0 Å². The number of para-hydroxylation sites is 5. The molecule has 0 bridgehead atoms. The number of fused-ring (bicyclic) bond motifs is 17. The van der Waals surface area contributed by atoms with Crippen molar-refractivity contribution in [2.45, 2.75) is 12.0 Å². The Balaban J connectivity index is 0.960. The molecule has 0 amide bonds. The summed E-state index contributed by atoms with van der Waals surface area (Å²) >= 11 is 0. The highest BCUT2D eigenvalue weighted by molar-refractivity contribution is 6.29. The first-order valence-corrected chi connectivity index (χ1v) is 20.3. The first kappa shape index (κ1) is 31.3. The van der Waals surface area contributed by atoms with Crippen LogP contribution < -0.4 is 4.90 Å². The fourth-order valence-electron chi connectivity index (χ4n) is 10.6. The zero-order valence-corrected chi connectivity index (χ0v) is 31.7. The van der Waals surface area contributed by atoms with Crippen molar-refractivity contribution in [3.05, 3.63) is 194 Å². The van der Waals surface area contributed by atoms with Gasteiger partial charge in [0.2, 0.25) is 0 Å². The Morgan fingerprint density at radius 1 is 0.424 bits per heavy atom. The van der Waals surface area contributed by atoms with Crippen LogP contribution in [-0.4, -0.2) is 15.2 Å². The molecule has 276 valence electrons. The van der Waals surface area contributed by atoms with Crippen LogP contribution in [0.4, 0.5) is 11.4 Å². The van der Waals surface area contributed by atoms with E-state index in [4.69, 9.17) is 8.83 Å². The zero-order valence-electron chi connectivity index (χ0n) is 31.7. The van der Waals surface area contributed by atoms with Gasteiger partial charge in [-0.15, -0.1) is 0 Å². The second kappa shape index (κ2) is 11.4. The molecule has 5 heterocycles. The quantitative estimate of drug-likeness (QED) is 0.180. The summed E-state index contributed by atoms with van der Waals surface area (Å²) in [5.41, 5.74) is 14.3. The predicted octanol–water partition coefficient (Wildman–Crippen LogP) is 14.4. The van der Waals surface area contributed by atoms with E-state index in [-0.39, 0.29) is 12.0 Å². The van der Waals surface area contributed by atoms with Crippen molar-refractivity contribution in [2.75, 3.05) is 4.90 Å². The van der Waals surface area contributed by atoms with E-state index in [1.807, 2.05) is 12.1 Å². The Bertz CT molecular complexity index is 3820. The minimum absolute atomic E-state index is 0.127. The van der Waals surface area contributed by atoms with Crippen molar-refractivity contribution in [2.24, 2.45) is 0 Å². The van der Waals surface area contributed by atoms with E-state index >= 15 is 0 Å². The molecule has 1 aliphatic heterocycles. The third-order valence-electron chi connectivity index (χ3n) is 13.0. The number of nitrogens with zero attached hydrogens (tertiary/aromatic N) is 3. The maximum Gasteiger partial charge on any atom is 0.145 e. The lowest BCUT2D eigenvalue weighted by atomic mass is 9.90. The Kier molecular flexibility index (Phi) is 6.07. The van der Waals surface area contributed by atoms with Crippen molar-refractivity contribution in [1.82, 2.24) is 9.13 Å². The van der Waals surface area contributed by atoms with Crippen LogP contribution in [0.1, 0.15) is 11.5 Å². The van der Waals surface area contributed by atoms with Gasteiger partial charge in [-0.25, -0.2) is 0 Å². The van der Waals surface area contributed by atoms with E-state index in [0.717, 1.165) is 88.3 Å². The molecule has 5 nitrogen and oxygen atoms in total. The van der Waals surface area contributed by atoms with Gasteiger partial charge in [0.05, 0.1) is 38.9 Å². The highest BCUT2D eigenvalue weighted by Crippen LogP contribution is 2.51. The van der Waals surface area contributed by atoms with Crippen LogP contribution in [0.5, 0.6) is 0 Å². The van der Waals surface area contributed by atoms with Crippen molar-refractivity contribution in [3.8, 4) is 5.69 Å². The molecule has 14 rings (SSSR count). The van der Waals surface area contributed by atoms with Crippen LogP contribution in [0.2, 0.25) is 0 Å². The largest absolute Gasteiger partial charge is 0.456 e. The van der Waals surface area contributed by atoms with Crippen LogP contribution in [0.3, 0.4) is 0 Å². The molecule has 2 aliphatic rings. The average molecular weight is 756 g/mol. The van der Waals surface area contributed by atoms with Gasteiger partial charge < -0.3 is 22.9 Å². The van der Waals surface area contributed by atoms with E-state index in [1.54, 1.807) is 0 Å². The van der Waals surface area contributed by atoms with Crippen molar-refractivity contribution >= 4 is 105 Å². The normalized spacial score (nSPS) is 16.5. The first-order chi connectivity index (χ1) is 29.3. The van der Waals surface area contributed by atoms with Crippen LogP contribution in [0.15, 0.2) is 197 Å². The maximum atomic E-state index is 7.20. The summed E-state index contributed by atoms with van der Waals surface area (Å²) in [6.45, 7) is 0. The molecule has 0 fully saturated rings. The summed E-state index contributed by atoms with van der Waals surface area (Å²) in [5.74, 6) is 0.157. The summed E-state index contributed by atoms with van der Waals surface area (Å²) in [7, 11) is 0. The van der Waals surface area contributed by atoms with Crippen molar-refractivity contribution < 1.29 is 8.83 Å². The van der Waals surface area contributed by atoms with Crippen molar-refractivity contribution in [1.29, 1.82) is 0 Å². The number of hydrogen-bond donors (Lipinski definition) is 0. The predicted molar refractivity (Wildman–Crippen MR) is 243 cm³/mol. The van der Waals surface area contributed by atoms with Gasteiger partial charge in [0.25, 0.3) is 0 Å². The third kappa shape index (κ3) is 4.13. The molecule has 1 aliphatic carbocycles. The van der Waals surface area contributed by atoms with E-state index in [0.29, 0.717) is 0 Å². The van der Waals surface area contributed by atoms with Gasteiger partial charge in [-0.1, -0.05) is 103 Å². The maximum absolute atomic E-state index is 7.20. The summed E-state index contributed by atoms with van der Waals surface area (Å²) in [5, 5.41) is 9.19. The monoisotopic (exact) mass is 755 g/mol. The molecule has 2 atom stereocenters. The Hall–Kier alpha value is -7.76. The number of aromatic nitrogens is 2. The second-order valence-corrected chi connectivity index (χ2v) is 16.0. The molecule has 0 spiro atoms. The highest BCUT2D eigenvalue weighted by Gasteiger charge is 2.39. The van der Waals surface area contributed by atoms with E-state index in [2.05, 4.69) is 190 Å². The van der Waals surface area contributed by atoms with Crippen LogP contribution in [-0.2, 0) is 0 Å². The van der Waals surface area contributed by atoms with Gasteiger partial charge in [-0.2, -0.15) is 0 Å². The minimum Gasteiger partial charge on any atom is -0.456 e. The van der Waals surface area contributed by atoms with Crippen molar-refractivity contribution in [3.63, 3.8) is 0 Å². The Morgan fingerprint density at radius 2 is 1.05 bits per heavy atom. The van der Waals surface area contributed by atoms with E-state index in [1.165, 1.54) is 27.5 Å². The lowest BCUT2D eigenvalue weighted by molar-refractivity contribution is 0.669. The molecule has 5 heteroatoms. The molecule has 4 aromatic heterocycles. The number of hydrogen-bond acceptors (Lipinski definition) is 3. The molecule has 0 saturated heterocycles. The number of allylic oxidation sites excluding steroid dienone is 2. The Morgan fingerprint density at radius 3 is 1.83 bits per heavy atom. The van der Waals surface area contributed by atoms with E-state index < -0.39 is 0 Å². The summed E-state index contributed by atoms with van der Waals surface area (Å²) in [6.07, 6.45) is 7.20. The minimum atomic E-state index is 0.127. The fraction of sp³-hybridized carbons (Fsp3) is 0.0370. The first-order valence-electron chi connectivity index (χ1n) is 20.3. The standard InChI is InChI=1S/C54H33N3O2/c1-2-12-32(13-3-1)55-44-19-9-5-16-39(44)51-47(55)27-24-37-38-25-28-48-52(54(38)59-53(37)51)40-17-6-10-20-45(40)57(48)33-22-26-46-41(30-33)35-14-4-8-18-43(35)56(46)34-23-29-50-42(31-34)36-15-7-11-21-49(36)58-50/h1-31,41,46H. The molecule has 59 heavy (non-hydrogen) atoms. The highest BCUT2D eigenvalue weighted by atomic mass is 16.3. The van der Waals surface area contributed by atoms with Gasteiger partial charge in [0, 0.05) is 61.0 Å². The molecule has 2 unspecified atom stereocenters. The smallest absolute Gasteiger partial charge is 0.145 e. The fourth-order valence-corrected chi connectivity index (χ4v) is 10.6. The summed E-state index contributed by atoms with van der Waals surface area (Å²) < 4.78 is 18.2. The van der Waals surface area contributed by atoms with Gasteiger partial charge in [-0.3, -0.25) is 0 Å².